The first-order valence-electron chi connectivity index (χ1n) is 9.19. The lowest BCUT2D eigenvalue weighted by Gasteiger charge is -2.29. The molecule has 1 heterocycles. The fourth-order valence-electron chi connectivity index (χ4n) is 2.88. The third-order valence-corrected chi connectivity index (χ3v) is 8.34. The zero-order valence-electron chi connectivity index (χ0n) is 16.5. The Labute approximate surface area is 184 Å². The number of sulfone groups is 1. The number of anilines is 1. The van der Waals surface area contributed by atoms with E-state index in [0.717, 1.165) is 10.5 Å². The molecule has 3 N–H and O–H groups in total. The van der Waals surface area contributed by atoms with E-state index in [0.29, 0.717) is 5.69 Å². The lowest BCUT2D eigenvalue weighted by atomic mass is 10.2. The Morgan fingerprint density at radius 1 is 1.20 bits per heavy atom. The summed E-state index contributed by atoms with van der Waals surface area (Å²) in [4.78, 5) is 25.8. The van der Waals surface area contributed by atoms with Gasteiger partial charge in [-0.05, 0) is 43.5 Å². The SMILES string of the molecule is CSc1cccc(NC(=O)CSC2NCC(S(=O)(=O)c3ccc(C)cc3)C(=O)N2)c1. The minimum absolute atomic E-state index is 0.0168. The van der Waals surface area contributed by atoms with Gasteiger partial charge < -0.3 is 10.6 Å². The summed E-state index contributed by atoms with van der Waals surface area (Å²) in [5.41, 5.74) is 1.11. The molecule has 2 unspecified atom stereocenters. The molecule has 0 aliphatic carbocycles. The van der Waals surface area contributed by atoms with Gasteiger partial charge in [-0.15, -0.1) is 23.5 Å². The molecule has 1 aliphatic rings. The summed E-state index contributed by atoms with van der Waals surface area (Å²) in [7, 11) is -3.80. The zero-order valence-corrected chi connectivity index (χ0v) is 19.0. The number of hydrogen-bond donors (Lipinski definition) is 3. The molecular formula is C20H23N3O4S3. The molecule has 1 aliphatic heterocycles. The van der Waals surface area contributed by atoms with Gasteiger partial charge in [0.2, 0.25) is 11.8 Å². The molecule has 1 fully saturated rings. The third kappa shape index (κ3) is 5.57. The number of hydrogen-bond acceptors (Lipinski definition) is 7. The van der Waals surface area contributed by atoms with Crippen LogP contribution in [0, 0.1) is 6.92 Å². The summed E-state index contributed by atoms with van der Waals surface area (Å²) in [5.74, 6) is -0.666. The highest BCUT2D eigenvalue weighted by Crippen LogP contribution is 2.21. The van der Waals surface area contributed by atoms with Crippen molar-refractivity contribution in [3.05, 3.63) is 54.1 Å². The summed E-state index contributed by atoms with van der Waals surface area (Å²) < 4.78 is 25.5. The van der Waals surface area contributed by atoms with Crippen molar-refractivity contribution in [3.63, 3.8) is 0 Å². The van der Waals surface area contributed by atoms with Gasteiger partial charge in [0.05, 0.1) is 10.6 Å². The van der Waals surface area contributed by atoms with E-state index in [1.54, 1.807) is 23.9 Å². The van der Waals surface area contributed by atoms with E-state index in [1.807, 2.05) is 37.4 Å². The number of carbonyl (C=O) groups is 2. The summed E-state index contributed by atoms with van der Waals surface area (Å²) in [6.07, 6.45) is 1.96. The fourth-order valence-corrected chi connectivity index (χ4v) is 5.65. The Morgan fingerprint density at radius 3 is 2.60 bits per heavy atom. The third-order valence-electron chi connectivity index (χ3n) is 4.51. The van der Waals surface area contributed by atoms with Crippen molar-refractivity contribution in [1.29, 1.82) is 0 Å². The van der Waals surface area contributed by atoms with Crippen LogP contribution in [0.2, 0.25) is 0 Å². The van der Waals surface area contributed by atoms with Crippen LogP contribution in [0.4, 0.5) is 5.69 Å². The van der Waals surface area contributed by atoms with Crippen LogP contribution in [-0.2, 0) is 19.4 Å². The maximum atomic E-state index is 12.8. The highest BCUT2D eigenvalue weighted by atomic mass is 32.2. The van der Waals surface area contributed by atoms with Crippen LogP contribution in [0.25, 0.3) is 0 Å². The highest BCUT2D eigenvalue weighted by molar-refractivity contribution is 8.00. The van der Waals surface area contributed by atoms with E-state index in [1.165, 1.54) is 23.9 Å². The Bertz CT molecular complexity index is 1030. The smallest absolute Gasteiger partial charge is 0.241 e. The van der Waals surface area contributed by atoms with Gasteiger partial charge >= 0.3 is 0 Å². The Kier molecular flexibility index (Phi) is 7.45. The average molecular weight is 466 g/mol. The van der Waals surface area contributed by atoms with Crippen molar-refractivity contribution < 1.29 is 18.0 Å². The first-order valence-corrected chi connectivity index (χ1v) is 13.0. The fraction of sp³-hybridized carbons (Fsp3) is 0.300. The molecule has 10 heteroatoms. The number of benzene rings is 2. The number of nitrogens with one attached hydrogen (secondary N) is 3. The van der Waals surface area contributed by atoms with Crippen molar-refractivity contribution in [2.24, 2.45) is 0 Å². The first kappa shape index (κ1) is 22.7. The Balaban J connectivity index is 1.53. The van der Waals surface area contributed by atoms with E-state index in [9.17, 15) is 18.0 Å². The molecule has 30 heavy (non-hydrogen) atoms. The second-order valence-corrected chi connectivity index (χ2v) is 10.8. The van der Waals surface area contributed by atoms with E-state index >= 15 is 0 Å². The zero-order chi connectivity index (χ0) is 21.7. The first-order chi connectivity index (χ1) is 14.3. The summed E-state index contributed by atoms with van der Waals surface area (Å²) in [6, 6.07) is 13.9. The average Bonchev–Trinajstić information content (AvgIpc) is 2.72. The molecule has 2 atom stereocenters. The maximum absolute atomic E-state index is 12.8. The van der Waals surface area contributed by atoms with Gasteiger partial charge in [-0.3, -0.25) is 14.9 Å². The quantitative estimate of drug-likeness (QED) is 0.539. The predicted octanol–water partition coefficient (Wildman–Crippen LogP) is 2.23. The van der Waals surface area contributed by atoms with Crippen molar-refractivity contribution >= 4 is 50.9 Å². The summed E-state index contributed by atoms with van der Waals surface area (Å²) in [5, 5.41) is 7.24. The minimum Gasteiger partial charge on any atom is -0.331 e. The van der Waals surface area contributed by atoms with Crippen LogP contribution < -0.4 is 16.0 Å². The molecule has 0 saturated carbocycles. The number of aryl methyl sites for hydroxylation is 1. The monoisotopic (exact) mass is 465 g/mol. The molecular weight excluding hydrogens is 442 g/mol. The number of amides is 2. The molecule has 7 nitrogen and oxygen atoms in total. The van der Waals surface area contributed by atoms with Crippen LogP contribution in [0.1, 0.15) is 5.56 Å². The van der Waals surface area contributed by atoms with Crippen LogP contribution in [-0.4, -0.2) is 49.5 Å². The second kappa shape index (κ2) is 9.86. The van der Waals surface area contributed by atoms with Crippen molar-refractivity contribution in [2.45, 2.75) is 27.5 Å². The van der Waals surface area contributed by atoms with Crippen LogP contribution in [0.3, 0.4) is 0 Å². The number of rotatable bonds is 7. The Morgan fingerprint density at radius 2 is 1.93 bits per heavy atom. The largest absolute Gasteiger partial charge is 0.331 e. The van der Waals surface area contributed by atoms with Gasteiger partial charge in [0.25, 0.3) is 0 Å². The number of carbonyl (C=O) groups excluding carboxylic acids is 2. The van der Waals surface area contributed by atoms with E-state index in [2.05, 4.69) is 16.0 Å². The maximum Gasteiger partial charge on any atom is 0.241 e. The van der Waals surface area contributed by atoms with Gasteiger partial charge in [-0.25, -0.2) is 8.42 Å². The topological polar surface area (TPSA) is 104 Å². The molecule has 2 aromatic rings. The van der Waals surface area contributed by atoms with Gasteiger partial charge in [0, 0.05) is 17.1 Å². The predicted molar refractivity (Wildman–Crippen MR) is 121 cm³/mol. The van der Waals surface area contributed by atoms with E-state index in [4.69, 9.17) is 0 Å². The molecule has 2 aromatic carbocycles. The second-order valence-electron chi connectivity index (χ2n) is 6.73. The molecule has 0 spiro atoms. The molecule has 0 aromatic heterocycles. The molecule has 0 radical (unpaired) electrons. The molecule has 160 valence electrons. The lowest BCUT2D eigenvalue weighted by molar-refractivity contribution is -0.122. The van der Waals surface area contributed by atoms with Crippen molar-refractivity contribution in [1.82, 2.24) is 10.6 Å². The lowest BCUT2D eigenvalue weighted by Crippen LogP contribution is -2.59. The molecule has 1 saturated heterocycles. The van der Waals surface area contributed by atoms with Crippen molar-refractivity contribution in [2.75, 3.05) is 23.9 Å². The van der Waals surface area contributed by atoms with Gasteiger partial charge in [0.15, 0.2) is 15.1 Å². The molecule has 0 bridgehead atoms. The Hall–Kier alpha value is -2.01. The van der Waals surface area contributed by atoms with Gasteiger partial charge in [-0.1, -0.05) is 23.8 Å². The van der Waals surface area contributed by atoms with Gasteiger partial charge in [0.1, 0.15) is 5.50 Å². The minimum atomic E-state index is -3.80. The molecule has 2 amide bonds. The summed E-state index contributed by atoms with van der Waals surface area (Å²) >= 11 is 2.78. The van der Waals surface area contributed by atoms with E-state index in [-0.39, 0.29) is 23.1 Å². The summed E-state index contributed by atoms with van der Waals surface area (Å²) in [6.45, 7) is 1.85. The standard InChI is InChI=1S/C20H23N3O4S3/c1-13-6-8-16(9-7-13)30(26,27)17-11-21-20(23-19(17)25)29-12-18(24)22-14-4-3-5-15(10-14)28-2/h3-10,17,20-21H,11-12H2,1-2H3,(H,22,24)(H,23,25). The van der Waals surface area contributed by atoms with Crippen LogP contribution >= 0.6 is 23.5 Å². The highest BCUT2D eigenvalue weighted by Gasteiger charge is 2.38. The number of thioether (sulfide) groups is 2. The van der Waals surface area contributed by atoms with E-state index < -0.39 is 26.5 Å². The normalized spacial score (nSPS) is 19.2. The molecule has 3 rings (SSSR count). The van der Waals surface area contributed by atoms with Crippen LogP contribution in [0.5, 0.6) is 0 Å². The van der Waals surface area contributed by atoms with Crippen LogP contribution in [0.15, 0.2) is 58.3 Å². The van der Waals surface area contributed by atoms with Gasteiger partial charge in [-0.2, -0.15) is 0 Å². The van der Waals surface area contributed by atoms with Crippen molar-refractivity contribution in [3.8, 4) is 0 Å².